The summed E-state index contributed by atoms with van der Waals surface area (Å²) in [5, 5.41) is 0. The summed E-state index contributed by atoms with van der Waals surface area (Å²) in [6, 6.07) is 5.78. The van der Waals surface area contributed by atoms with Crippen molar-refractivity contribution in [2.24, 2.45) is 0 Å². The number of benzene rings is 1. The number of hydrogen-bond donors (Lipinski definition) is 0. The fourth-order valence-corrected chi connectivity index (χ4v) is 2.51. The predicted molar refractivity (Wildman–Crippen MR) is 81.9 cm³/mol. The molecule has 0 saturated carbocycles. The van der Waals surface area contributed by atoms with Crippen molar-refractivity contribution in [2.45, 2.75) is 32.1 Å². The van der Waals surface area contributed by atoms with Crippen molar-refractivity contribution < 1.29 is 13.9 Å². The van der Waals surface area contributed by atoms with Gasteiger partial charge in [0.05, 0.1) is 13.0 Å². The van der Waals surface area contributed by atoms with Crippen LogP contribution in [0.15, 0.2) is 18.2 Å². The fourth-order valence-electron chi connectivity index (χ4n) is 1.34. The average Bonchev–Trinajstić information content (AvgIpc) is 2.20. The van der Waals surface area contributed by atoms with E-state index in [9.17, 15) is 9.18 Å². The smallest absolute Gasteiger partial charge is 0.310 e. The molecule has 0 N–H and O–H groups in total. The topological polar surface area (TPSA) is 26.3 Å². The second kappa shape index (κ2) is 6.65. The monoisotopic (exact) mass is 380 g/mol. The van der Waals surface area contributed by atoms with Crippen LogP contribution in [0.25, 0.3) is 0 Å². The van der Waals surface area contributed by atoms with Gasteiger partial charge in [-0.2, -0.15) is 0 Å². The van der Waals surface area contributed by atoms with Crippen molar-refractivity contribution in [2.75, 3.05) is 6.61 Å². The molecule has 0 amide bonds. The van der Waals surface area contributed by atoms with Gasteiger partial charge in [0, 0.05) is 11.6 Å². The Kier molecular flexibility index (Phi) is 5.77. The van der Waals surface area contributed by atoms with Crippen LogP contribution < -0.4 is 0 Å². The Hall–Kier alpha value is -0.433. The Morgan fingerprint density at radius 2 is 2.06 bits per heavy atom. The van der Waals surface area contributed by atoms with E-state index in [2.05, 4.69) is 19.6 Å². The van der Waals surface area contributed by atoms with Crippen molar-refractivity contribution in [3.05, 3.63) is 33.1 Å². The van der Waals surface area contributed by atoms with E-state index in [1.54, 1.807) is 12.1 Å². The molecule has 0 heterocycles. The molecule has 0 atom stereocenters. The van der Waals surface area contributed by atoms with E-state index in [-0.39, 0.29) is 18.2 Å². The van der Waals surface area contributed by atoms with Gasteiger partial charge < -0.3 is 4.74 Å². The maximum absolute atomic E-state index is 13.5. The molecule has 0 bridgehead atoms. The Bertz CT molecular complexity index is 429. The molecule has 5 heteroatoms. The summed E-state index contributed by atoms with van der Waals surface area (Å²) in [5.41, 5.74) is 0.397. The zero-order chi connectivity index (χ0) is 13.8. The van der Waals surface area contributed by atoms with Gasteiger partial charge in [0.2, 0.25) is 0 Å². The van der Waals surface area contributed by atoms with Crippen molar-refractivity contribution in [3.63, 3.8) is 0 Å². The Labute approximate surface area is 122 Å². The first kappa shape index (κ1) is 15.6. The van der Waals surface area contributed by atoms with Crippen LogP contribution in [0.4, 0.5) is 4.39 Å². The number of carbonyl (C=O) groups is 1. The van der Waals surface area contributed by atoms with Gasteiger partial charge in [-0.25, -0.2) is 4.39 Å². The van der Waals surface area contributed by atoms with Crippen LogP contribution in [-0.4, -0.2) is 20.7 Å². The second-order valence-corrected chi connectivity index (χ2v) is 12.3. The molecular formula is C13H18FIO2Si. The molecule has 0 fully saturated rings. The molecule has 18 heavy (non-hydrogen) atoms. The highest BCUT2D eigenvalue weighted by molar-refractivity contribution is 14.1. The maximum Gasteiger partial charge on any atom is 0.310 e. The van der Waals surface area contributed by atoms with Gasteiger partial charge in [-0.05, 0) is 46.3 Å². The second-order valence-electron chi connectivity index (χ2n) is 5.44. The van der Waals surface area contributed by atoms with Gasteiger partial charge in [0.1, 0.15) is 5.82 Å². The summed E-state index contributed by atoms with van der Waals surface area (Å²) in [7, 11) is -1.19. The van der Waals surface area contributed by atoms with Gasteiger partial charge in [0.15, 0.2) is 0 Å². The largest absolute Gasteiger partial charge is 0.466 e. The molecule has 1 aromatic rings. The molecule has 1 rings (SSSR count). The minimum Gasteiger partial charge on any atom is -0.466 e. The van der Waals surface area contributed by atoms with Crippen molar-refractivity contribution in [3.8, 4) is 0 Å². The Balaban J connectivity index is 2.45. The Morgan fingerprint density at radius 1 is 1.39 bits per heavy atom. The Morgan fingerprint density at radius 3 is 2.61 bits per heavy atom. The minimum absolute atomic E-state index is 0.00838. The summed E-state index contributed by atoms with van der Waals surface area (Å²) in [5.74, 6) is -0.697. The summed E-state index contributed by atoms with van der Waals surface area (Å²) in [4.78, 5) is 11.6. The average molecular weight is 380 g/mol. The number of hydrogen-bond acceptors (Lipinski definition) is 2. The van der Waals surface area contributed by atoms with E-state index in [4.69, 9.17) is 4.74 Å². The highest BCUT2D eigenvalue weighted by Crippen LogP contribution is 2.14. The zero-order valence-corrected chi connectivity index (χ0v) is 14.1. The van der Waals surface area contributed by atoms with Gasteiger partial charge in [-0.3, -0.25) is 4.79 Å². The van der Waals surface area contributed by atoms with Crippen LogP contribution in [0.1, 0.15) is 5.56 Å². The lowest BCUT2D eigenvalue weighted by Crippen LogP contribution is -2.23. The highest BCUT2D eigenvalue weighted by atomic mass is 127. The molecule has 0 aliphatic carbocycles. The fraction of sp³-hybridized carbons (Fsp3) is 0.462. The minimum atomic E-state index is -1.19. The molecule has 0 aliphatic heterocycles. The van der Waals surface area contributed by atoms with Gasteiger partial charge in [-0.15, -0.1) is 0 Å². The molecular weight excluding hydrogens is 362 g/mol. The maximum atomic E-state index is 13.5. The number of rotatable bonds is 5. The lowest BCUT2D eigenvalue weighted by molar-refractivity contribution is -0.142. The van der Waals surface area contributed by atoms with Crippen LogP contribution in [0, 0.1) is 9.39 Å². The van der Waals surface area contributed by atoms with Crippen LogP contribution in [0.5, 0.6) is 0 Å². The molecule has 1 aromatic carbocycles. The van der Waals surface area contributed by atoms with Crippen LogP contribution in [-0.2, 0) is 16.0 Å². The lowest BCUT2D eigenvalue weighted by Gasteiger charge is -2.15. The molecule has 100 valence electrons. The van der Waals surface area contributed by atoms with E-state index < -0.39 is 8.07 Å². The molecule has 0 unspecified atom stereocenters. The third-order valence-corrected chi connectivity index (χ3v) is 4.84. The number of ether oxygens (including phenoxy) is 1. The van der Waals surface area contributed by atoms with E-state index in [1.165, 1.54) is 6.07 Å². The third-order valence-electron chi connectivity index (χ3n) is 2.47. The zero-order valence-electron chi connectivity index (χ0n) is 10.9. The van der Waals surface area contributed by atoms with Crippen molar-refractivity contribution >= 4 is 36.6 Å². The first-order valence-corrected chi connectivity index (χ1v) is 10.7. The highest BCUT2D eigenvalue weighted by Gasteiger charge is 2.15. The van der Waals surface area contributed by atoms with E-state index in [0.717, 1.165) is 9.61 Å². The lowest BCUT2D eigenvalue weighted by atomic mass is 10.1. The summed E-state index contributed by atoms with van der Waals surface area (Å²) < 4.78 is 19.5. The molecule has 0 spiro atoms. The SMILES string of the molecule is C[Si](C)(C)CCOC(=O)Cc1ccc(I)cc1F. The van der Waals surface area contributed by atoms with E-state index >= 15 is 0 Å². The van der Waals surface area contributed by atoms with Crippen molar-refractivity contribution in [1.29, 1.82) is 0 Å². The summed E-state index contributed by atoms with van der Waals surface area (Å²) in [6.07, 6.45) is 0.00838. The number of halogens is 2. The van der Waals surface area contributed by atoms with Crippen molar-refractivity contribution in [1.82, 2.24) is 0 Å². The standard InChI is InChI=1S/C13H18FIO2Si/c1-18(2,3)7-6-17-13(16)8-10-4-5-11(15)9-12(10)14/h4-5,9H,6-8H2,1-3H3. The normalized spacial score (nSPS) is 11.4. The number of carbonyl (C=O) groups excluding carboxylic acids is 1. The van der Waals surface area contributed by atoms with Crippen LogP contribution in [0.2, 0.25) is 25.7 Å². The van der Waals surface area contributed by atoms with E-state index in [0.29, 0.717) is 12.2 Å². The molecule has 0 radical (unpaired) electrons. The summed E-state index contributed by atoms with van der Waals surface area (Å²) >= 11 is 2.04. The number of esters is 1. The summed E-state index contributed by atoms with van der Waals surface area (Å²) in [6.45, 7) is 7.11. The van der Waals surface area contributed by atoms with Gasteiger partial charge >= 0.3 is 5.97 Å². The van der Waals surface area contributed by atoms with Crippen LogP contribution in [0.3, 0.4) is 0 Å². The quantitative estimate of drug-likeness (QED) is 0.441. The predicted octanol–water partition coefficient (Wildman–Crippen LogP) is 3.85. The molecule has 0 aromatic heterocycles. The van der Waals surface area contributed by atoms with Crippen LogP contribution >= 0.6 is 22.6 Å². The molecule has 2 nitrogen and oxygen atoms in total. The third kappa shape index (κ3) is 5.95. The van der Waals surface area contributed by atoms with Gasteiger partial charge in [0.25, 0.3) is 0 Å². The van der Waals surface area contributed by atoms with Gasteiger partial charge in [-0.1, -0.05) is 25.7 Å². The molecule has 0 aliphatic rings. The molecule has 0 saturated heterocycles. The van der Waals surface area contributed by atoms with E-state index in [1.807, 2.05) is 22.6 Å². The first-order valence-electron chi connectivity index (χ1n) is 5.87. The first-order chi connectivity index (χ1) is 8.28.